The molecule has 1 saturated carbocycles. The number of nitrogens with zero attached hydrogens (tertiary/aromatic N) is 3. The van der Waals surface area contributed by atoms with Gasteiger partial charge in [0.25, 0.3) is 0 Å². The van der Waals surface area contributed by atoms with Gasteiger partial charge in [-0.3, -0.25) is 4.79 Å². The molecule has 138 valence electrons. The van der Waals surface area contributed by atoms with Crippen molar-refractivity contribution in [2.24, 2.45) is 5.92 Å². The Kier molecular flexibility index (Phi) is 4.01. The van der Waals surface area contributed by atoms with Gasteiger partial charge in [0.15, 0.2) is 0 Å². The highest BCUT2D eigenvalue weighted by Gasteiger charge is 2.31. The Morgan fingerprint density at radius 3 is 2.96 bits per heavy atom. The molecule has 0 saturated heterocycles. The SMILES string of the molecule is Cc1nc2cnc3[nH]ccc3c2n1C1CCC(CC(=O)OC(C)(C)C)C1. The van der Waals surface area contributed by atoms with Crippen molar-refractivity contribution in [3.8, 4) is 0 Å². The Morgan fingerprint density at radius 1 is 1.38 bits per heavy atom. The molecule has 0 amide bonds. The fourth-order valence-corrected chi connectivity index (χ4v) is 4.24. The Hall–Kier alpha value is -2.37. The van der Waals surface area contributed by atoms with E-state index in [9.17, 15) is 4.79 Å². The van der Waals surface area contributed by atoms with Crippen LogP contribution in [0.15, 0.2) is 18.5 Å². The van der Waals surface area contributed by atoms with Crippen LogP contribution in [0, 0.1) is 12.8 Å². The third-order valence-corrected chi connectivity index (χ3v) is 5.16. The predicted octanol–water partition coefficient (Wildman–Crippen LogP) is 4.29. The molecule has 2 unspecified atom stereocenters. The van der Waals surface area contributed by atoms with E-state index in [1.54, 1.807) is 0 Å². The number of H-pyrrole nitrogens is 1. The molecule has 4 rings (SSSR count). The topological polar surface area (TPSA) is 72.8 Å². The first-order chi connectivity index (χ1) is 12.3. The third-order valence-electron chi connectivity index (χ3n) is 5.16. The van der Waals surface area contributed by atoms with Crippen LogP contribution >= 0.6 is 0 Å². The second kappa shape index (κ2) is 6.11. The number of carbonyl (C=O) groups is 1. The molecule has 1 aliphatic rings. The summed E-state index contributed by atoms with van der Waals surface area (Å²) in [7, 11) is 0. The van der Waals surface area contributed by atoms with Gasteiger partial charge in [0.2, 0.25) is 0 Å². The minimum absolute atomic E-state index is 0.0902. The maximum absolute atomic E-state index is 12.2. The lowest BCUT2D eigenvalue weighted by atomic mass is 10.0. The van der Waals surface area contributed by atoms with E-state index < -0.39 is 5.60 Å². The Bertz CT molecular complexity index is 963. The molecule has 6 nitrogen and oxygen atoms in total. The first-order valence-electron chi connectivity index (χ1n) is 9.34. The minimum atomic E-state index is -0.418. The van der Waals surface area contributed by atoms with E-state index in [0.717, 1.165) is 47.2 Å². The molecule has 2 atom stereocenters. The van der Waals surface area contributed by atoms with Gasteiger partial charge in [-0.1, -0.05) is 0 Å². The molecule has 0 radical (unpaired) electrons. The van der Waals surface area contributed by atoms with E-state index in [0.29, 0.717) is 18.4 Å². The van der Waals surface area contributed by atoms with Crippen LogP contribution in [0.4, 0.5) is 0 Å². The summed E-state index contributed by atoms with van der Waals surface area (Å²) >= 11 is 0. The number of esters is 1. The van der Waals surface area contributed by atoms with Crippen molar-refractivity contribution in [2.45, 2.75) is 65.0 Å². The summed E-state index contributed by atoms with van der Waals surface area (Å²) in [4.78, 5) is 24.5. The number of aromatic nitrogens is 4. The zero-order valence-electron chi connectivity index (χ0n) is 15.9. The summed E-state index contributed by atoms with van der Waals surface area (Å²) < 4.78 is 7.85. The zero-order valence-corrected chi connectivity index (χ0v) is 15.9. The lowest BCUT2D eigenvalue weighted by Gasteiger charge is -2.21. The molecule has 0 aromatic carbocycles. The quantitative estimate of drug-likeness (QED) is 0.712. The highest BCUT2D eigenvalue weighted by molar-refractivity contribution is 6.01. The molecule has 3 aromatic heterocycles. The molecule has 1 N–H and O–H groups in total. The van der Waals surface area contributed by atoms with Gasteiger partial charge in [0, 0.05) is 24.0 Å². The average Bonchev–Trinajstić information content (AvgIpc) is 3.21. The normalized spacial score (nSPS) is 20.9. The van der Waals surface area contributed by atoms with Crippen LogP contribution in [0.5, 0.6) is 0 Å². The standard InChI is InChI=1S/C20H26N4O2/c1-12-23-16-11-22-19-15(7-8-21-19)18(16)24(12)14-6-5-13(9-14)10-17(25)26-20(2,3)4/h7-8,11,13-14H,5-6,9-10H2,1-4H3,(H,21,22). The first-order valence-corrected chi connectivity index (χ1v) is 9.34. The van der Waals surface area contributed by atoms with Crippen LogP contribution in [0.25, 0.3) is 22.1 Å². The number of fused-ring (bicyclic) bond motifs is 3. The Labute approximate surface area is 153 Å². The number of pyridine rings is 1. The zero-order chi connectivity index (χ0) is 18.5. The number of hydrogen-bond donors (Lipinski definition) is 1. The van der Waals surface area contributed by atoms with Gasteiger partial charge in [-0.2, -0.15) is 0 Å². The molecule has 0 aliphatic heterocycles. The van der Waals surface area contributed by atoms with Crippen molar-refractivity contribution < 1.29 is 9.53 Å². The van der Waals surface area contributed by atoms with E-state index in [4.69, 9.17) is 9.72 Å². The largest absolute Gasteiger partial charge is 0.460 e. The fraction of sp³-hybridized carbons (Fsp3) is 0.550. The second-order valence-electron chi connectivity index (χ2n) is 8.38. The van der Waals surface area contributed by atoms with Gasteiger partial charge in [0.1, 0.15) is 22.6 Å². The number of hydrogen-bond acceptors (Lipinski definition) is 4. The maximum atomic E-state index is 12.2. The summed E-state index contributed by atoms with van der Waals surface area (Å²) in [6, 6.07) is 2.43. The molecule has 1 fully saturated rings. The number of rotatable bonds is 3. The van der Waals surface area contributed by atoms with Gasteiger partial charge in [-0.05, 0) is 58.9 Å². The highest BCUT2D eigenvalue weighted by atomic mass is 16.6. The van der Waals surface area contributed by atoms with Crippen LogP contribution in [-0.2, 0) is 9.53 Å². The van der Waals surface area contributed by atoms with Crippen molar-refractivity contribution in [1.82, 2.24) is 19.5 Å². The number of aromatic amines is 1. The average molecular weight is 354 g/mol. The van der Waals surface area contributed by atoms with Crippen molar-refractivity contribution in [3.63, 3.8) is 0 Å². The lowest BCUT2D eigenvalue weighted by Crippen LogP contribution is -2.25. The van der Waals surface area contributed by atoms with Crippen LogP contribution in [-0.4, -0.2) is 31.1 Å². The summed E-state index contributed by atoms with van der Waals surface area (Å²) in [5, 5.41) is 1.11. The summed E-state index contributed by atoms with van der Waals surface area (Å²) in [5.41, 5.74) is 2.56. The minimum Gasteiger partial charge on any atom is -0.460 e. The van der Waals surface area contributed by atoms with Crippen LogP contribution in [0.3, 0.4) is 0 Å². The molecule has 3 aromatic rings. The second-order valence-corrected chi connectivity index (χ2v) is 8.38. The van der Waals surface area contributed by atoms with Gasteiger partial charge < -0.3 is 14.3 Å². The molecule has 6 heteroatoms. The van der Waals surface area contributed by atoms with Crippen molar-refractivity contribution in [3.05, 3.63) is 24.3 Å². The highest BCUT2D eigenvalue weighted by Crippen LogP contribution is 2.40. The lowest BCUT2D eigenvalue weighted by molar-refractivity contribution is -0.155. The molecular formula is C20H26N4O2. The number of carbonyl (C=O) groups excluding carboxylic acids is 1. The monoisotopic (exact) mass is 354 g/mol. The molecular weight excluding hydrogens is 328 g/mol. The molecule has 0 bridgehead atoms. The van der Waals surface area contributed by atoms with Crippen molar-refractivity contribution in [2.75, 3.05) is 0 Å². The smallest absolute Gasteiger partial charge is 0.306 e. The molecule has 1 aliphatic carbocycles. The summed E-state index contributed by atoms with van der Waals surface area (Å²) in [5.74, 6) is 1.29. The van der Waals surface area contributed by atoms with Crippen molar-refractivity contribution >= 4 is 28.0 Å². The first kappa shape index (κ1) is 17.1. The van der Waals surface area contributed by atoms with Gasteiger partial charge >= 0.3 is 5.97 Å². The van der Waals surface area contributed by atoms with Crippen LogP contribution in [0.1, 0.15) is 58.3 Å². The van der Waals surface area contributed by atoms with Gasteiger partial charge in [0.05, 0.1) is 11.7 Å². The molecule has 0 spiro atoms. The van der Waals surface area contributed by atoms with E-state index in [-0.39, 0.29) is 5.97 Å². The number of nitrogens with one attached hydrogen (secondary N) is 1. The third kappa shape index (κ3) is 3.08. The molecule has 26 heavy (non-hydrogen) atoms. The van der Waals surface area contributed by atoms with Gasteiger partial charge in [-0.15, -0.1) is 0 Å². The van der Waals surface area contributed by atoms with Crippen molar-refractivity contribution in [1.29, 1.82) is 0 Å². The maximum Gasteiger partial charge on any atom is 0.306 e. The fourth-order valence-electron chi connectivity index (χ4n) is 4.24. The van der Waals surface area contributed by atoms with E-state index in [1.165, 1.54) is 0 Å². The van der Waals surface area contributed by atoms with E-state index in [1.807, 2.05) is 33.2 Å². The molecule has 3 heterocycles. The van der Waals surface area contributed by atoms with Gasteiger partial charge in [-0.25, -0.2) is 9.97 Å². The van der Waals surface area contributed by atoms with Crippen LogP contribution < -0.4 is 0 Å². The van der Waals surface area contributed by atoms with E-state index in [2.05, 4.69) is 27.5 Å². The summed E-state index contributed by atoms with van der Waals surface area (Å²) in [6.45, 7) is 7.80. The Morgan fingerprint density at radius 2 is 2.19 bits per heavy atom. The predicted molar refractivity (Wildman–Crippen MR) is 101 cm³/mol. The van der Waals surface area contributed by atoms with E-state index >= 15 is 0 Å². The van der Waals surface area contributed by atoms with Crippen LogP contribution in [0.2, 0.25) is 0 Å². The number of ether oxygens (including phenoxy) is 1. The Balaban J connectivity index is 1.58. The number of imidazole rings is 1. The summed E-state index contributed by atoms with van der Waals surface area (Å²) in [6.07, 6.45) is 7.35. The number of aryl methyl sites for hydroxylation is 1.